The van der Waals surface area contributed by atoms with E-state index in [1.165, 1.54) is 0 Å². The van der Waals surface area contributed by atoms with Gasteiger partial charge in [-0.2, -0.15) is 0 Å². The predicted octanol–water partition coefficient (Wildman–Crippen LogP) is 4.84. The molecule has 0 amide bonds. The maximum atomic E-state index is 14.1. The van der Waals surface area contributed by atoms with Gasteiger partial charge in [-0.1, -0.05) is 27.7 Å². The van der Waals surface area contributed by atoms with E-state index in [1.807, 2.05) is 13.8 Å². The smallest absolute Gasteiger partial charge is 0.141 e. The van der Waals surface area contributed by atoms with Crippen LogP contribution < -0.4 is 4.74 Å². The predicted molar refractivity (Wildman–Crippen MR) is 68.8 cm³/mol. The molecule has 90 valence electrons. The highest BCUT2D eigenvalue weighted by atomic mass is 79.9. The van der Waals surface area contributed by atoms with Gasteiger partial charge in [0.25, 0.3) is 0 Å². The van der Waals surface area contributed by atoms with Gasteiger partial charge >= 0.3 is 0 Å². The molecule has 0 fully saturated rings. The van der Waals surface area contributed by atoms with Crippen LogP contribution in [0.15, 0.2) is 10.5 Å². The first-order chi connectivity index (χ1) is 7.40. The molecule has 1 aromatic carbocycles. The molecule has 0 aliphatic rings. The zero-order valence-electron chi connectivity index (χ0n) is 10.4. The van der Waals surface area contributed by atoms with Crippen LogP contribution in [0.1, 0.15) is 50.7 Å². The third kappa shape index (κ3) is 2.40. The van der Waals surface area contributed by atoms with Gasteiger partial charge in [-0.05, 0) is 39.4 Å². The van der Waals surface area contributed by atoms with Crippen LogP contribution >= 0.6 is 15.9 Å². The fourth-order valence-corrected chi connectivity index (χ4v) is 2.39. The minimum Gasteiger partial charge on any atom is -0.496 e. The summed E-state index contributed by atoms with van der Waals surface area (Å²) >= 11 is 3.23. The lowest BCUT2D eigenvalue weighted by atomic mass is 9.89. The lowest BCUT2D eigenvalue weighted by Crippen LogP contribution is -2.06. The highest BCUT2D eigenvalue weighted by Crippen LogP contribution is 2.39. The maximum Gasteiger partial charge on any atom is 0.141 e. The normalized spacial score (nSPS) is 11.3. The van der Waals surface area contributed by atoms with E-state index >= 15 is 0 Å². The van der Waals surface area contributed by atoms with Crippen molar-refractivity contribution in [2.24, 2.45) is 0 Å². The Labute approximate surface area is 105 Å². The van der Waals surface area contributed by atoms with Crippen LogP contribution in [-0.2, 0) is 0 Å². The number of hydrogen-bond acceptors (Lipinski definition) is 1. The Balaban J connectivity index is 3.57. The minimum absolute atomic E-state index is 0.142. The zero-order chi connectivity index (χ0) is 12.5. The van der Waals surface area contributed by atoms with Gasteiger partial charge in [0, 0.05) is 5.56 Å². The fourth-order valence-electron chi connectivity index (χ4n) is 1.96. The van der Waals surface area contributed by atoms with E-state index in [1.54, 1.807) is 13.2 Å². The van der Waals surface area contributed by atoms with Crippen molar-refractivity contribution in [1.29, 1.82) is 0 Å². The van der Waals surface area contributed by atoms with Crippen molar-refractivity contribution in [2.75, 3.05) is 7.11 Å². The summed E-state index contributed by atoms with van der Waals surface area (Å²) in [6, 6.07) is 1.70. The number of benzene rings is 1. The van der Waals surface area contributed by atoms with Crippen molar-refractivity contribution in [1.82, 2.24) is 0 Å². The molecule has 0 saturated carbocycles. The third-order valence-electron chi connectivity index (χ3n) is 2.63. The lowest BCUT2D eigenvalue weighted by molar-refractivity contribution is 0.403. The molecule has 3 heteroatoms. The van der Waals surface area contributed by atoms with Gasteiger partial charge in [-0.25, -0.2) is 4.39 Å². The van der Waals surface area contributed by atoms with Gasteiger partial charge < -0.3 is 4.74 Å². The van der Waals surface area contributed by atoms with Gasteiger partial charge in [-0.3, -0.25) is 0 Å². The van der Waals surface area contributed by atoms with Crippen molar-refractivity contribution in [3.8, 4) is 5.75 Å². The molecule has 0 saturated heterocycles. The van der Waals surface area contributed by atoms with Crippen molar-refractivity contribution in [2.45, 2.75) is 39.5 Å². The van der Waals surface area contributed by atoms with Gasteiger partial charge in [0.1, 0.15) is 11.6 Å². The lowest BCUT2D eigenvalue weighted by Gasteiger charge is -2.21. The Bertz CT molecular complexity index is 386. The molecular formula is C13H18BrFO. The molecule has 0 unspecified atom stereocenters. The molecule has 1 rings (SSSR count). The number of hydrogen-bond donors (Lipinski definition) is 0. The summed E-state index contributed by atoms with van der Waals surface area (Å²) in [6.07, 6.45) is 0. The maximum absolute atomic E-state index is 14.1. The zero-order valence-corrected chi connectivity index (χ0v) is 12.0. The Morgan fingerprint density at radius 1 is 1.12 bits per heavy atom. The second-order valence-electron chi connectivity index (χ2n) is 4.51. The second kappa shape index (κ2) is 5.17. The van der Waals surface area contributed by atoms with E-state index in [0.29, 0.717) is 4.47 Å². The Morgan fingerprint density at radius 3 is 2.00 bits per heavy atom. The highest BCUT2D eigenvalue weighted by Gasteiger charge is 2.21. The van der Waals surface area contributed by atoms with Crippen LogP contribution in [0.5, 0.6) is 5.75 Å². The van der Waals surface area contributed by atoms with Crippen molar-refractivity contribution >= 4 is 15.9 Å². The standard InChI is InChI=1S/C13H18BrFO/c1-7(2)11-10(16-5)6-9(14)13(15)12(11)8(3)4/h6-8H,1-5H3. The Kier molecular flexibility index (Phi) is 4.36. The summed E-state index contributed by atoms with van der Waals surface area (Å²) in [4.78, 5) is 0. The van der Waals surface area contributed by atoms with E-state index in [2.05, 4.69) is 29.8 Å². The first kappa shape index (κ1) is 13.5. The first-order valence-corrected chi connectivity index (χ1v) is 6.25. The van der Waals surface area contributed by atoms with Gasteiger partial charge in [0.15, 0.2) is 0 Å². The van der Waals surface area contributed by atoms with E-state index < -0.39 is 0 Å². The summed E-state index contributed by atoms with van der Waals surface area (Å²) in [7, 11) is 1.62. The topological polar surface area (TPSA) is 9.23 Å². The van der Waals surface area contributed by atoms with Crippen LogP contribution in [0.2, 0.25) is 0 Å². The van der Waals surface area contributed by atoms with E-state index in [4.69, 9.17) is 4.74 Å². The van der Waals surface area contributed by atoms with Crippen LogP contribution in [0, 0.1) is 5.82 Å². The molecule has 0 N–H and O–H groups in total. The highest BCUT2D eigenvalue weighted by molar-refractivity contribution is 9.10. The molecule has 0 heterocycles. The first-order valence-electron chi connectivity index (χ1n) is 5.45. The Hall–Kier alpha value is -0.570. The van der Waals surface area contributed by atoms with Gasteiger partial charge in [-0.15, -0.1) is 0 Å². The fraction of sp³-hybridized carbons (Fsp3) is 0.538. The number of ether oxygens (including phenoxy) is 1. The van der Waals surface area contributed by atoms with Crippen LogP contribution in [-0.4, -0.2) is 7.11 Å². The summed E-state index contributed by atoms with van der Waals surface area (Å²) in [5, 5.41) is 0. The minimum atomic E-state index is -0.167. The quantitative estimate of drug-likeness (QED) is 0.773. The van der Waals surface area contributed by atoms with Crippen LogP contribution in [0.4, 0.5) is 4.39 Å². The van der Waals surface area contributed by atoms with E-state index in [0.717, 1.165) is 16.9 Å². The summed E-state index contributed by atoms with van der Waals surface area (Å²) in [5.41, 5.74) is 1.72. The largest absolute Gasteiger partial charge is 0.496 e. The molecule has 1 aromatic rings. The van der Waals surface area contributed by atoms with E-state index in [-0.39, 0.29) is 17.7 Å². The molecule has 0 atom stereocenters. The summed E-state index contributed by atoms with van der Waals surface area (Å²) < 4.78 is 19.9. The molecule has 0 radical (unpaired) electrons. The Morgan fingerprint density at radius 2 is 1.62 bits per heavy atom. The summed E-state index contributed by atoms with van der Waals surface area (Å²) in [5.74, 6) is 0.977. The van der Waals surface area contributed by atoms with Gasteiger partial charge in [0.2, 0.25) is 0 Å². The third-order valence-corrected chi connectivity index (χ3v) is 3.21. The average Bonchev–Trinajstić information content (AvgIpc) is 2.19. The molecular weight excluding hydrogens is 271 g/mol. The van der Waals surface area contributed by atoms with Crippen LogP contribution in [0.25, 0.3) is 0 Å². The SMILES string of the molecule is COc1cc(Br)c(F)c(C(C)C)c1C(C)C. The van der Waals surface area contributed by atoms with Crippen molar-refractivity contribution < 1.29 is 9.13 Å². The average molecular weight is 289 g/mol. The number of rotatable bonds is 3. The van der Waals surface area contributed by atoms with Crippen molar-refractivity contribution in [3.05, 3.63) is 27.5 Å². The number of halogens is 2. The monoisotopic (exact) mass is 288 g/mol. The molecule has 0 aliphatic heterocycles. The molecule has 0 bridgehead atoms. The van der Waals surface area contributed by atoms with E-state index in [9.17, 15) is 4.39 Å². The number of methoxy groups -OCH3 is 1. The molecule has 0 aromatic heterocycles. The van der Waals surface area contributed by atoms with Gasteiger partial charge in [0.05, 0.1) is 11.6 Å². The summed E-state index contributed by atoms with van der Waals surface area (Å²) in [6.45, 7) is 8.10. The second-order valence-corrected chi connectivity index (χ2v) is 5.37. The molecule has 16 heavy (non-hydrogen) atoms. The van der Waals surface area contributed by atoms with Crippen LogP contribution in [0.3, 0.4) is 0 Å². The molecule has 0 spiro atoms. The van der Waals surface area contributed by atoms with Crippen molar-refractivity contribution in [3.63, 3.8) is 0 Å². The molecule has 1 nitrogen and oxygen atoms in total. The molecule has 0 aliphatic carbocycles.